The fourth-order valence-electron chi connectivity index (χ4n) is 3.27. The van der Waals surface area contributed by atoms with Crippen LogP contribution in [0.3, 0.4) is 0 Å². The summed E-state index contributed by atoms with van der Waals surface area (Å²) in [5, 5.41) is 2.92. The van der Waals surface area contributed by atoms with Crippen LogP contribution < -0.4 is 10.2 Å². The summed E-state index contributed by atoms with van der Waals surface area (Å²) in [4.78, 5) is 27.8. The summed E-state index contributed by atoms with van der Waals surface area (Å²) in [5.41, 5.74) is 3.35. The predicted molar refractivity (Wildman–Crippen MR) is 91.7 cm³/mol. The Hall–Kier alpha value is -2.04. The summed E-state index contributed by atoms with van der Waals surface area (Å²) in [6.45, 7) is 5.47. The van der Waals surface area contributed by atoms with Crippen LogP contribution >= 0.6 is 0 Å². The Balaban J connectivity index is 1.60. The van der Waals surface area contributed by atoms with Gasteiger partial charge in [0.1, 0.15) is 0 Å². The summed E-state index contributed by atoms with van der Waals surface area (Å²) in [6, 6.07) is 6.25. The zero-order chi connectivity index (χ0) is 16.2. The number of rotatable bonds is 4. The smallest absolute Gasteiger partial charge is 0.224 e. The van der Waals surface area contributed by atoms with E-state index in [0.717, 1.165) is 51.1 Å². The topological polar surface area (TPSA) is 52.7 Å². The highest BCUT2D eigenvalue weighted by atomic mass is 16.2. The fourth-order valence-corrected chi connectivity index (χ4v) is 3.27. The van der Waals surface area contributed by atoms with Gasteiger partial charge in [-0.2, -0.15) is 0 Å². The Bertz CT molecular complexity index is 592. The molecule has 0 atom stereocenters. The minimum atomic E-state index is 0.101. The number of benzene rings is 1. The van der Waals surface area contributed by atoms with Crippen LogP contribution in [0.2, 0.25) is 0 Å². The van der Waals surface area contributed by atoms with Crippen molar-refractivity contribution in [2.45, 2.75) is 39.0 Å². The molecule has 5 heteroatoms. The van der Waals surface area contributed by atoms with Crippen molar-refractivity contribution in [2.24, 2.45) is 0 Å². The number of piperazine rings is 1. The van der Waals surface area contributed by atoms with E-state index in [1.807, 2.05) is 11.0 Å². The van der Waals surface area contributed by atoms with Crippen LogP contribution in [0, 0.1) is 0 Å². The van der Waals surface area contributed by atoms with Crippen molar-refractivity contribution in [3.05, 3.63) is 23.8 Å². The van der Waals surface area contributed by atoms with E-state index >= 15 is 0 Å². The summed E-state index contributed by atoms with van der Waals surface area (Å²) >= 11 is 0. The molecule has 0 saturated carbocycles. The van der Waals surface area contributed by atoms with Crippen LogP contribution in [0.4, 0.5) is 11.4 Å². The summed E-state index contributed by atoms with van der Waals surface area (Å²) in [7, 11) is 0. The van der Waals surface area contributed by atoms with Gasteiger partial charge in [0.15, 0.2) is 0 Å². The molecule has 0 bridgehead atoms. The number of aryl methyl sites for hydroxylation is 1. The van der Waals surface area contributed by atoms with E-state index in [2.05, 4.69) is 29.3 Å². The number of carbonyl (C=O) groups is 2. The summed E-state index contributed by atoms with van der Waals surface area (Å²) in [6.07, 6.45) is 4.10. The molecule has 2 heterocycles. The monoisotopic (exact) mass is 315 g/mol. The van der Waals surface area contributed by atoms with Gasteiger partial charge in [0, 0.05) is 50.4 Å². The zero-order valence-corrected chi connectivity index (χ0v) is 13.8. The average Bonchev–Trinajstić information content (AvgIpc) is 2.59. The molecule has 1 aromatic carbocycles. The molecule has 0 radical (unpaired) electrons. The van der Waals surface area contributed by atoms with E-state index in [-0.39, 0.29) is 5.91 Å². The third kappa shape index (κ3) is 3.66. The van der Waals surface area contributed by atoms with Crippen molar-refractivity contribution in [3.63, 3.8) is 0 Å². The Morgan fingerprint density at radius 3 is 2.70 bits per heavy atom. The number of carbonyl (C=O) groups excluding carboxylic acids is 2. The first kappa shape index (κ1) is 15.8. The van der Waals surface area contributed by atoms with Gasteiger partial charge in [-0.25, -0.2) is 0 Å². The zero-order valence-electron chi connectivity index (χ0n) is 13.8. The van der Waals surface area contributed by atoms with Gasteiger partial charge in [-0.05, 0) is 36.6 Å². The number of hydrogen-bond donors (Lipinski definition) is 1. The van der Waals surface area contributed by atoms with E-state index in [1.54, 1.807) is 0 Å². The van der Waals surface area contributed by atoms with Crippen molar-refractivity contribution in [3.8, 4) is 0 Å². The quantitative estimate of drug-likeness (QED) is 0.928. The van der Waals surface area contributed by atoms with Crippen LogP contribution in [-0.4, -0.2) is 42.9 Å². The van der Waals surface area contributed by atoms with Gasteiger partial charge in [0.25, 0.3) is 0 Å². The summed E-state index contributed by atoms with van der Waals surface area (Å²) in [5.74, 6) is 0.393. The molecule has 3 rings (SSSR count). The van der Waals surface area contributed by atoms with Crippen molar-refractivity contribution in [1.29, 1.82) is 0 Å². The highest BCUT2D eigenvalue weighted by Gasteiger charge is 2.22. The maximum absolute atomic E-state index is 12.1. The van der Waals surface area contributed by atoms with Crippen molar-refractivity contribution in [2.75, 3.05) is 36.4 Å². The van der Waals surface area contributed by atoms with E-state index in [9.17, 15) is 9.59 Å². The lowest BCUT2D eigenvalue weighted by atomic mass is 10.0. The maximum Gasteiger partial charge on any atom is 0.224 e. The normalized spacial score (nSPS) is 17.7. The second-order valence-electron chi connectivity index (χ2n) is 6.36. The molecule has 1 fully saturated rings. The van der Waals surface area contributed by atoms with E-state index in [4.69, 9.17) is 0 Å². The predicted octanol–water partition coefficient (Wildman–Crippen LogP) is 2.41. The number of nitrogens with one attached hydrogen (secondary N) is 1. The van der Waals surface area contributed by atoms with E-state index in [0.29, 0.717) is 18.7 Å². The molecule has 1 saturated heterocycles. The van der Waals surface area contributed by atoms with Crippen LogP contribution in [0.25, 0.3) is 0 Å². The minimum Gasteiger partial charge on any atom is -0.368 e. The van der Waals surface area contributed by atoms with Gasteiger partial charge in [-0.15, -0.1) is 0 Å². The molecule has 2 aliphatic heterocycles. The number of anilines is 2. The molecular formula is C18H25N3O2. The third-order valence-electron chi connectivity index (χ3n) is 4.73. The van der Waals surface area contributed by atoms with Gasteiger partial charge in [0.05, 0.1) is 0 Å². The van der Waals surface area contributed by atoms with Gasteiger partial charge < -0.3 is 15.1 Å². The number of amides is 2. The third-order valence-corrected chi connectivity index (χ3v) is 4.73. The number of unbranched alkanes of at least 4 members (excludes halogenated alkanes) is 1. The van der Waals surface area contributed by atoms with E-state index in [1.165, 1.54) is 11.3 Å². The van der Waals surface area contributed by atoms with Crippen LogP contribution in [0.15, 0.2) is 18.2 Å². The highest BCUT2D eigenvalue weighted by molar-refractivity contribution is 5.94. The molecule has 0 spiro atoms. The standard InChI is InChI=1S/C18H25N3O2/c1-2-3-4-18(23)21-11-9-20(10-12-21)15-6-7-16-14(13-15)5-8-17(22)19-16/h6-7,13H,2-5,8-12H2,1H3,(H,19,22). The lowest BCUT2D eigenvalue weighted by molar-refractivity contribution is -0.131. The van der Waals surface area contributed by atoms with Crippen molar-refractivity contribution >= 4 is 23.2 Å². The molecule has 2 aliphatic rings. The molecule has 0 aromatic heterocycles. The first-order valence-corrected chi connectivity index (χ1v) is 8.63. The maximum atomic E-state index is 12.1. The minimum absolute atomic E-state index is 0.101. The van der Waals surface area contributed by atoms with Gasteiger partial charge in [-0.3, -0.25) is 9.59 Å². The molecule has 1 aromatic rings. The van der Waals surface area contributed by atoms with E-state index < -0.39 is 0 Å². The van der Waals surface area contributed by atoms with Gasteiger partial charge in [0.2, 0.25) is 11.8 Å². The lowest BCUT2D eigenvalue weighted by Gasteiger charge is -2.36. The molecule has 2 amide bonds. The Morgan fingerprint density at radius 2 is 1.96 bits per heavy atom. The largest absolute Gasteiger partial charge is 0.368 e. The lowest BCUT2D eigenvalue weighted by Crippen LogP contribution is -2.48. The Morgan fingerprint density at radius 1 is 1.17 bits per heavy atom. The van der Waals surface area contributed by atoms with Crippen molar-refractivity contribution < 1.29 is 9.59 Å². The summed E-state index contributed by atoms with van der Waals surface area (Å²) < 4.78 is 0. The number of hydrogen-bond acceptors (Lipinski definition) is 3. The van der Waals surface area contributed by atoms with Gasteiger partial charge >= 0.3 is 0 Å². The Labute approximate surface area is 137 Å². The van der Waals surface area contributed by atoms with Gasteiger partial charge in [-0.1, -0.05) is 13.3 Å². The fraction of sp³-hybridized carbons (Fsp3) is 0.556. The molecule has 0 unspecified atom stereocenters. The van der Waals surface area contributed by atoms with Crippen LogP contribution in [-0.2, 0) is 16.0 Å². The molecule has 0 aliphatic carbocycles. The molecular weight excluding hydrogens is 290 g/mol. The first-order chi connectivity index (χ1) is 11.2. The Kier molecular flexibility index (Phi) is 4.84. The number of fused-ring (bicyclic) bond motifs is 1. The van der Waals surface area contributed by atoms with Crippen LogP contribution in [0.5, 0.6) is 0 Å². The molecule has 1 N–H and O–H groups in total. The first-order valence-electron chi connectivity index (χ1n) is 8.63. The van der Waals surface area contributed by atoms with Crippen LogP contribution in [0.1, 0.15) is 38.2 Å². The SMILES string of the molecule is CCCCC(=O)N1CCN(c2ccc3c(c2)CCC(=O)N3)CC1. The second kappa shape index (κ2) is 7.02. The van der Waals surface area contributed by atoms with Crippen molar-refractivity contribution in [1.82, 2.24) is 4.90 Å². The average molecular weight is 315 g/mol. The highest BCUT2D eigenvalue weighted by Crippen LogP contribution is 2.28. The number of nitrogens with zero attached hydrogens (tertiary/aromatic N) is 2. The second-order valence-corrected chi connectivity index (χ2v) is 6.36. The molecule has 23 heavy (non-hydrogen) atoms. The molecule has 5 nitrogen and oxygen atoms in total. The molecule has 124 valence electrons.